The van der Waals surface area contributed by atoms with Gasteiger partial charge < -0.3 is 10.6 Å². The number of nitrogens with zero attached hydrogens (tertiary/aromatic N) is 4. The molecule has 156 valence electrons. The van der Waals surface area contributed by atoms with Crippen molar-refractivity contribution < 1.29 is 13.2 Å². The fraction of sp³-hybridized carbons (Fsp3) is 0.381. The number of aromatic nitrogens is 4. The minimum Gasteiger partial charge on any atom is -0.357 e. The average molecular weight is 414 g/mol. The topological polar surface area (TPSA) is 83.7 Å². The van der Waals surface area contributed by atoms with Crippen molar-refractivity contribution >= 4 is 5.82 Å². The fourth-order valence-corrected chi connectivity index (χ4v) is 4.79. The number of alkyl halides is 3. The molecule has 1 saturated heterocycles. The number of nitrogens with two attached hydrogens (primary N) is 1. The van der Waals surface area contributed by atoms with Crippen LogP contribution < -0.4 is 10.6 Å². The first-order chi connectivity index (χ1) is 14.4. The molecule has 0 aromatic carbocycles. The number of hydrogen-bond acceptors (Lipinski definition) is 5. The Bertz CT molecular complexity index is 1050. The summed E-state index contributed by atoms with van der Waals surface area (Å²) in [6.45, 7) is 1.21. The lowest BCUT2D eigenvalue weighted by Crippen LogP contribution is -2.44. The van der Waals surface area contributed by atoms with Crippen molar-refractivity contribution in [2.24, 2.45) is 11.1 Å². The van der Waals surface area contributed by atoms with Gasteiger partial charge in [0.05, 0.1) is 5.69 Å². The highest BCUT2D eigenvalue weighted by atomic mass is 19.4. The lowest BCUT2D eigenvalue weighted by atomic mass is 9.73. The van der Waals surface area contributed by atoms with Crippen LogP contribution in [0.2, 0.25) is 0 Å². The van der Waals surface area contributed by atoms with E-state index >= 15 is 0 Å². The van der Waals surface area contributed by atoms with E-state index in [-0.39, 0.29) is 17.0 Å². The highest BCUT2D eigenvalue weighted by Crippen LogP contribution is 2.50. The zero-order chi connectivity index (χ0) is 20.9. The fourth-order valence-electron chi connectivity index (χ4n) is 4.79. The summed E-state index contributed by atoms with van der Waals surface area (Å²) in [5.74, 6) is 0.336. The number of rotatable bonds is 2. The molecule has 30 heavy (non-hydrogen) atoms. The smallest absolute Gasteiger partial charge is 0.357 e. The highest BCUT2D eigenvalue weighted by molar-refractivity contribution is 5.64. The van der Waals surface area contributed by atoms with Crippen LogP contribution >= 0.6 is 0 Å². The summed E-state index contributed by atoms with van der Waals surface area (Å²) in [6, 6.07) is 8.45. The maximum atomic E-state index is 13.7. The molecule has 0 amide bonds. The molecular weight excluding hydrogens is 393 g/mol. The molecule has 0 saturated carbocycles. The summed E-state index contributed by atoms with van der Waals surface area (Å²) < 4.78 is 41.1. The monoisotopic (exact) mass is 414 g/mol. The molecule has 3 aromatic heterocycles. The van der Waals surface area contributed by atoms with Crippen molar-refractivity contribution in [3.8, 4) is 11.3 Å². The normalized spacial score (nSPS) is 20.5. The third-order valence-electron chi connectivity index (χ3n) is 6.46. The molecule has 3 aromatic rings. The van der Waals surface area contributed by atoms with E-state index in [2.05, 4.69) is 20.2 Å². The van der Waals surface area contributed by atoms with Gasteiger partial charge in [-0.1, -0.05) is 6.07 Å². The summed E-state index contributed by atoms with van der Waals surface area (Å²) in [5, 5.41) is 6.34. The van der Waals surface area contributed by atoms with Crippen LogP contribution in [0.5, 0.6) is 0 Å². The van der Waals surface area contributed by atoms with Crippen LogP contribution in [0.4, 0.5) is 19.0 Å². The number of H-pyrrole nitrogens is 1. The summed E-state index contributed by atoms with van der Waals surface area (Å²) >= 11 is 0. The minimum atomic E-state index is -4.56. The minimum absolute atomic E-state index is 0.00318. The molecule has 0 radical (unpaired) electrons. The zero-order valence-corrected chi connectivity index (χ0v) is 16.2. The maximum Gasteiger partial charge on any atom is 0.434 e. The number of halogens is 3. The van der Waals surface area contributed by atoms with E-state index in [0.717, 1.165) is 30.5 Å². The SMILES string of the molecule is N[C@@H]1c2cccnc2CC12CCN(c1ccc(-c3ccn[nH]3)c(C(F)(F)F)n1)CC2. The van der Waals surface area contributed by atoms with Crippen LogP contribution in [0.1, 0.15) is 35.8 Å². The van der Waals surface area contributed by atoms with Crippen molar-refractivity contribution in [3.05, 3.63) is 59.7 Å². The Balaban J connectivity index is 1.39. The second-order valence-corrected chi connectivity index (χ2v) is 8.08. The van der Waals surface area contributed by atoms with E-state index < -0.39 is 11.9 Å². The van der Waals surface area contributed by atoms with Crippen molar-refractivity contribution in [1.29, 1.82) is 0 Å². The van der Waals surface area contributed by atoms with E-state index in [4.69, 9.17) is 5.73 Å². The Morgan fingerprint density at radius 1 is 1.10 bits per heavy atom. The third-order valence-corrected chi connectivity index (χ3v) is 6.46. The Morgan fingerprint density at radius 2 is 1.90 bits per heavy atom. The number of fused-ring (bicyclic) bond motifs is 1. The number of hydrogen-bond donors (Lipinski definition) is 2. The van der Waals surface area contributed by atoms with Gasteiger partial charge in [-0.15, -0.1) is 0 Å². The number of nitrogens with one attached hydrogen (secondary N) is 1. The van der Waals surface area contributed by atoms with E-state index in [0.29, 0.717) is 24.6 Å². The molecule has 9 heteroatoms. The second-order valence-electron chi connectivity index (χ2n) is 8.08. The molecule has 1 atom stereocenters. The first-order valence-corrected chi connectivity index (χ1v) is 9.90. The zero-order valence-electron chi connectivity index (χ0n) is 16.2. The Morgan fingerprint density at radius 3 is 2.57 bits per heavy atom. The first kappa shape index (κ1) is 19.0. The summed E-state index contributed by atoms with van der Waals surface area (Å²) in [4.78, 5) is 10.4. The van der Waals surface area contributed by atoms with Crippen molar-refractivity contribution in [2.45, 2.75) is 31.5 Å². The molecule has 1 aliphatic carbocycles. The second kappa shape index (κ2) is 6.80. The van der Waals surface area contributed by atoms with Gasteiger partial charge in [0.25, 0.3) is 0 Å². The Hall–Kier alpha value is -2.94. The van der Waals surface area contributed by atoms with Crippen LogP contribution in [-0.4, -0.2) is 33.3 Å². The van der Waals surface area contributed by atoms with E-state index in [9.17, 15) is 13.2 Å². The van der Waals surface area contributed by atoms with Gasteiger partial charge in [-0.3, -0.25) is 10.1 Å². The van der Waals surface area contributed by atoms with E-state index in [1.807, 2.05) is 17.0 Å². The summed E-state index contributed by atoms with van der Waals surface area (Å²) in [7, 11) is 0. The van der Waals surface area contributed by atoms with Crippen LogP contribution in [0.3, 0.4) is 0 Å². The number of piperidine rings is 1. The van der Waals surface area contributed by atoms with Gasteiger partial charge in [-0.2, -0.15) is 18.3 Å². The van der Waals surface area contributed by atoms with Crippen LogP contribution in [0.25, 0.3) is 11.3 Å². The van der Waals surface area contributed by atoms with Crippen LogP contribution in [-0.2, 0) is 12.6 Å². The van der Waals surface area contributed by atoms with Crippen molar-refractivity contribution in [1.82, 2.24) is 20.2 Å². The maximum absolute atomic E-state index is 13.7. The third kappa shape index (κ3) is 3.04. The molecule has 0 bridgehead atoms. The molecule has 5 rings (SSSR count). The van der Waals surface area contributed by atoms with Crippen molar-refractivity contribution in [2.75, 3.05) is 18.0 Å². The van der Waals surface area contributed by atoms with Gasteiger partial charge in [-0.05, 0) is 54.5 Å². The van der Waals surface area contributed by atoms with Gasteiger partial charge in [0.15, 0.2) is 5.69 Å². The number of anilines is 1. The highest BCUT2D eigenvalue weighted by Gasteiger charge is 2.47. The first-order valence-electron chi connectivity index (χ1n) is 9.90. The summed E-state index contributed by atoms with van der Waals surface area (Å²) in [5.41, 5.74) is 7.99. The average Bonchev–Trinajstić information content (AvgIpc) is 3.36. The molecule has 3 N–H and O–H groups in total. The van der Waals surface area contributed by atoms with E-state index in [1.54, 1.807) is 12.3 Å². The summed E-state index contributed by atoms with van der Waals surface area (Å²) in [6.07, 6.45) is 1.03. The van der Waals surface area contributed by atoms with Gasteiger partial charge in [0.2, 0.25) is 0 Å². The van der Waals surface area contributed by atoms with Gasteiger partial charge in [-0.25, -0.2) is 4.98 Å². The predicted octanol–water partition coefficient (Wildman–Crippen LogP) is 3.73. The van der Waals surface area contributed by atoms with Gasteiger partial charge in [0.1, 0.15) is 5.82 Å². The van der Waals surface area contributed by atoms with Crippen LogP contribution in [0, 0.1) is 5.41 Å². The molecule has 4 heterocycles. The molecule has 1 fully saturated rings. The Kier molecular flexibility index (Phi) is 4.32. The number of aromatic amines is 1. The Labute approximate surface area is 171 Å². The molecule has 1 aliphatic heterocycles. The lowest BCUT2D eigenvalue weighted by molar-refractivity contribution is -0.140. The molecule has 6 nitrogen and oxygen atoms in total. The van der Waals surface area contributed by atoms with E-state index in [1.165, 1.54) is 18.3 Å². The largest absolute Gasteiger partial charge is 0.434 e. The van der Waals surface area contributed by atoms with Gasteiger partial charge >= 0.3 is 6.18 Å². The lowest BCUT2D eigenvalue weighted by Gasteiger charge is -2.42. The molecule has 0 unspecified atom stereocenters. The predicted molar refractivity (Wildman–Crippen MR) is 106 cm³/mol. The standard InChI is InChI=1S/C21H21F3N6/c22-21(23,24)19-14(15-5-9-27-29-15)3-4-17(28-19)30-10-6-20(7-11-30)12-16-13(18(20)25)2-1-8-26-16/h1-5,8-9,18H,6-7,10-12,25H2,(H,27,29)/t18-/m1/s1. The van der Waals surface area contributed by atoms with Crippen molar-refractivity contribution in [3.63, 3.8) is 0 Å². The molecule has 2 aliphatic rings. The van der Waals surface area contributed by atoms with Crippen LogP contribution in [0.15, 0.2) is 42.7 Å². The number of pyridine rings is 2. The molecule has 1 spiro atoms. The quantitative estimate of drug-likeness (QED) is 0.668. The molecular formula is C21H21F3N6. The van der Waals surface area contributed by atoms with Gasteiger partial charge in [0, 0.05) is 42.8 Å².